The zero-order valence-electron chi connectivity index (χ0n) is 16.6. The van der Waals surface area contributed by atoms with Crippen LogP contribution in [0, 0.1) is 11.3 Å². The van der Waals surface area contributed by atoms with Crippen molar-refractivity contribution in [2.24, 2.45) is 11.3 Å². The molecule has 1 aliphatic carbocycles. The SMILES string of the molecule is CCc1cccc(CC)c1N1CC(C)(C2CCCCC2)CC1(C)C. The van der Waals surface area contributed by atoms with Crippen molar-refractivity contribution in [1.29, 1.82) is 0 Å². The van der Waals surface area contributed by atoms with Gasteiger partial charge in [-0.15, -0.1) is 0 Å². The van der Waals surface area contributed by atoms with E-state index in [4.69, 9.17) is 0 Å². The molecule has 24 heavy (non-hydrogen) atoms. The summed E-state index contributed by atoms with van der Waals surface area (Å²) in [6, 6.07) is 6.95. The molecule has 1 nitrogen and oxygen atoms in total. The van der Waals surface area contributed by atoms with Crippen molar-refractivity contribution in [3.05, 3.63) is 29.3 Å². The molecule has 1 unspecified atom stereocenters. The molecule has 0 amide bonds. The second-order valence-corrected chi connectivity index (χ2v) is 9.20. The van der Waals surface area contributed by atoms with Crippen molar-refractivity contribution in [3.63, 3.8) is 0 Å². The standard InChI is InChI=1S/C23H37N/c1-6-18-12-11-13-19(7-2)21(18)24-17-23(5,16-22(24,3)4)20-14-9-8-10-15-20/h11-13,20H,6-10,14-17H2,1-5H3. The van der Waals surface area contributed by atoms with Gasteiger partial charge in [0, 0.05) is 17.8 Å². The average Bonchev–Trinajstić information content (AvgIpc) is 2.84. The third-order valence-corrected chi connectivity index (χ3v) is 6.91. The molecule has 2 aliphatic rings. The minimum absolute atomic E-state index is 0.265. The first-order valence-electron chi connectivity index (χ1n) is 10.3. The highest BCUT2D eigenvalue weighted by molar-refractivity contribution is 5.62. The van der Waals surface area contributed by atoms with Crippen LogP contribution in [0.2, 0.25) is 0 Å². The van der Waals surface area contributed by atoms with E-state index in [9.17, 15) is 0 Å². The fraction of sp³-hybridized carbons (Fsp3) is 0.739. The second kappa shape index (κ2) is 6.73. The van der Waals surface area contributed by atoms with Crippen LogP contribution in [-0.4, -0.2) is 12.1 Å². The molecule has 0 bridgehead atoms. The summed E-state index contributed by atoms with van der Waals surface area (Å²) in [5, 5.41) is 0. The molecule has 1 aromatic rings. The molecule has 134 valence electrons. The van der Waals surface area contributed by atoms with Gasteiger partial charge in [0.15, 0.2) is 0 Å². The Morgan fingerprint density at radius 2 is 1.54 bits per heavy atom. The van der Waals surface area contributed by atoms with Crippen molar-refractivity contribution < 1.29 is 0 Å². The van der Waals surface area contributed by atoms with Crippen molar-refractivity contribution in [2.75, 3.05) is 11.4 Å². The van der Waals surface area contributed by atoms with Gasteiger partial charge in [0.1, 0.15) is 0 Å². The van der Waals surface area contributed by atoms with Gasteiger partial charge in [0.25, 0.3) is 0 Å². The summed E-state index contributed by atoms with van der Waals surface area (Å²) in [5.41, 5.74) is 5.38. The van der Waals surface area contributed by atoms with Gasteiger partial charge < -0.3 is 4.90 Å². The molecule has 0 aromatic heterocycles. The van der Waals surface area contributed by atoms with Gasteiger partial charge in [-0.25, -0.2) is 0 Å². The number of nitrogens with zero attached hydrogens (tertiary/aromatic N) is 1. The fourth-order valence-electron chi connectivity index (χ4n) is 5.73. The zero-order chi connectivity index (χ0) is 17.4. The third kappa shape index (κ3) is 3.11. The number of aryl methyl sites for hydroxylation is 2. The van der Waals surface area contributed by atoms with E-state index in [0.717, 1.165) is 18.8 Å². The number of anilines is 1. The molecular formula is C23H37N. The Bertz CT molecular complexity index is 545. The molecule has 1 saturated heterocycles. The highest BCUT2D eigenvalue weighted by Crippen LogP contribution is 2.52. The molecule has 0 radical (unpaired) electrons. The molecule has 1 atom stereocenters. The maximum atomic E-state index is 2.79. The molecule has 1 aliphatic heterocycles. The van der Waals surface area contributed by atoms with Gasteiger partial charge in [-0.05, 0) is 68.4 Å². The lowest BCUT2D eigenvalue weighted by molar-refractivity contribution is 0.151. The second-order valence-electron chi connectivity index (χ2n) is 9.20. The van der Waals surface area contributed by atoms with Gasteiger partial charge in [-0.2, -0.15) is 0 Å². The lowest BCUT2D eigenvalue weighted by atomic mass is 9.67. The van der Waals surface area contributed by atoms with E-state index < -0.39 is 0 Å². The average molecular weight is 328 g/mol. The van der Waals surface area contributed by atoms with E-state index in [2.05, 4.69) is 57.7 Å². The van der Waals surface area contributed by atoms with Crippen molar-refractivity contribution in [3.8, 4) is 0 Å². The molecule has 1 heterocycles. The Morgan fingerprint density at radius 1 is 0.958 bits per heavy atom. The molecular weight excluding hydrogens is 290 g/mol. The minimum atomic E-state index is 0.265. The normalized spacial score (nSPS) is 27.6. The summed E-state index contributed by atoms with van der Waals surface area (Å²) in [7, 11) is 0. The van der Waals surface area contributed by atoms with E-state index in [1.54, 1.807) is 5.69 Å². The Labute approximate surface area is 149 Å². The van der Waals surface area contributed by atoms with Crippen LogP contribution in [0.15, 0.2) is 18.2 Å². The van der Waals surface area contributed by atoms with E-state index in [0.29, 0.717) is 5.41 Å². The van der Waals surface area contributed by atoms with Crippen LogP contribution >= 0.6 is 0 Å². The minimum Gasteiger partial charge on any atom is -0.365 e. The Hall–Kier alpha value is -0.980. The monoisotopic (exact) mass is 327 g/mol. The number of hydrogen-bond donors (Lipinski definition) is 0. The van der Waals surface area contributed by atoms with Crippen molar-refractivity contribution in [1.82, 2.24) is 0 Å². The Kier molecular flexibility index (Phi) is 5.00. The predicted octanol–water partition coefficient (Wildman–Crippen LogP) is 6.39. The van der Waals surface area contributed by atoms with Gasteiger partial charge in [0.2, 0.25) is 0 Å². The summed E-state index contributed by atoms with van der Waals surface area (Å²) in [5.74, 6) is 0.925. The fourth-order valence-corrected chi connectivity index (χ4v) is 5.73. The van der Waals surface area contributed by atoms with Crippen LogP contribution in [0.1, 0.15) is 84.3 Å². The van der Waals surface area contributed by atoms with Gasteiger partial charge in [-0.3, -0.25) is 0 Å². The van der Waals surface area contributed by atoms with E-state index in [-0.39, 0.29) is 5.54 Å². The van der Waals surface area contributed by atoms with Gasteiger partial charge in [-0.1, -0.05) is 58.2 Å². The number of para-hydroxylation sites is 1. The van der Waals surface area contributed by atoms with Gasteiger partial charge >= 0.3 is 0 Å². The molecule has 1 heteroatoms. The summed E-state index contributed by atoms with van der Waals surface area (Å²) < 4.78 is 0. The summed E-state index contributed by atoms with van der Waals surface area (Å²) in [6.07, 6.45) is 10.9. The highest BCUT2D eigenvalue weighted by atomic mass is 15.2. The van der Waals surface area contributed by atoms with Crippen LogP contribution in [0.5, 0.6) is 0 Å². The van der Waals surface area contributed by atoms with Gasteiger partial charge in [0.05, 0.1) is 0 Å². The van der Waals surface area contributed by atoms with Crippen LogP contribution in [0.4, 0.5) is 5.69 Å². The maximum Gasteiger partial charge on any atom is 0.0435 e. The smallest absolute Gasteiger partial charge is 0.0435 e. The summed E-state index contributed by atoms with van der Waals surface area (Å²) in [4.78, 5) is 2.79. The zero-order valence-corrected chi connectivity index (χ0v) is 16.6. The first kappa shape index (κ1) is 17.8. The summed E-state index contributed by atoms with van der Waals surface area (Å²) >= 11 is 0. The lowest BCUT2D eigenvalue weighted by Gasteiger charge is -2.37. The number of rotatable bonds is 4. The molecule has 2 fully saturated rings. The molecule has 1 aromatic carbocycles. The third-order valence-electron chi connectivity index (χ3n) is 6.91. The van der Waals surface area contributed by atoms with Crippen molar-refractivity contribution in [2.45, 2.75) is 91.5 Å². The summed E-state index contributed by atoms with van der Waals surface area (Å²) in [6.45, 7) is 13.4. The molecule has 1 saturated carbocycles. The van der Waals surface area contributed by atoms with Crippen LogP contribution < -0.4 is 4.90 Å². The van der Waals surface area contributed by atoms with Crippen LogP contribution in [0.25, 0.3) is 0 Å². The predicted molar refractivity (Wildman–Crippen MR) is 106 cm³/mol. The van der Waals surface area contributed by atoms with E-state index in [1.807, 2.05) is 0 Å². The van der Waals surface area contributed by atoms with Crippen LogP contribution in [-0.2, 0) is 12.8 Å². The highest BCUT2D eigenvalue weighted by Gasteiger charge is 2.49. The van der Waals surface area contributed by atoms with Crippen molar-refractivity contribution >= 4 is 5.69 Å². The first-order valence-corrected chi connectivity index (χ1v) is 10.3. The Balaban J connectivity index is 1.97. The quantitative estimate of drug-likeness (QED) is 0.619. The largest absolute Gasteiger partial charge is 0.365 e. The maximum absolute atomic E-state index is 2.79. The first-order chi connectivity index (χ1) is 11.4. The molecule has 3 rings (SSSR count). The Morgan fingerprint density at radius 3 is 2.08 bits per heavy atom. The number of hydrogen-bond acceptors (Lipinski definition) is 1. The topological polar surface area (TPSA) is 3.24 Å². The molecule has 0 N–H and O–H groups in total. The van der Waals surface area contributed by atoms with E-state index in [1.165, 1.54) is 56.2 Å². The van der Waals surface area contributed by atoms with E-state index >= 15 is 0 Å². The number of benzene rings is 1. The van der Waals surface area contributed by atoms with Crippen LogP contribution in [0.3, 0.4) is 0 Å². The lowest BCUT2D eigenvalue weighted by Crippen LogP contribution is -2.39. The molecule has 0 spiro atoms.